The Kier molecular flexibility index (Phi) is 4.34. The van der Waals surface area contributed by atoms with Crippen LogP contribution in [-0.4, -0.2) is 9.97 Å². The Morgan fingerprint density at radius 1 is 1.12 bits per heavy atom. The van der Waals surface area contributed by atoms with E-state index in [1.165, 1.54) is 30.3 Å². The summed E-state index contributed by atoms with van der Waals surface area (Å²) in [5.74, 6) is -0.506. The number of hydrogen-bond donors (Lipinski definition) is 1. The van der Waals surface area contributed by atoms with Gasteiger partial charge in [-0.3, -0.25) is 4.79 Å². The summed E-state index contributed by atoms with van der Waals surface area (Å²) >= 11 is 6.10. The Bertz CT molecular complexity index is 1020. The number of rotatable bonds is 2. The molecule has 0 amide bonds. The largest absolute Gasteiger partial charge is 0.416 e. The van der Waals surface area contributed by atoms with Crippen molar-refractivity contribution < 1.29 is 17.6 Å². The highest BCUT2D eigenvalue weighted by Crippen LogP contribution is 2.30. The van der Waals surface area contributed by atoms with Crippen molar-refractivity contribution in [2.24, 2.45) is 0 Å². The first kappa shape index (κ1) is 17.2. The average Bonchev–Trinajstić information content (AvgIpc) is 2.55. The minimum atomic E-state index is -4.55. The number of alkyl halides is 3. The lowest BCUT2D eigenvalue weighted by molar-refractivity contribution is -0.137. The molecule has 25 heavy (non-hydrogen) atoms. The maximum atomic E-state index is 12.9. The first-order valence-electron chi connectivity index (χ1n) is 6.98. The molecule has 1 N–H and O–H groups in total. The third-order valence-corrected chi connectivity index (χ3v) is 3.71. The number of benzene rings is 2. The predicted molar refractivity (Wildman–Crippen MR) is 87.5 cm³/mol. The van der Waals surface area contributed by atoms with E-state index in [2.05, 4.69) is 9.97 Å². The van der Waals surface area contributed by atoms with Gasteiger partial charge >= 0.3 is 6.18 Å². The minimum Gasteiger partial charge on any atom is -0.305 e. The normalized spacial score (nSPS) is 12.6. The maximum absolute atomic E-state index is 12.9. The topological polar surface area (TPSA) is 45.8 Å². The van der Waals surface area contributed by atoms with E-state index in [1.807, 2.05) is 0 Å². The lowest BCUT2D eigenvalue weighted by Crippen LogP contribution is -2.12. The molecular weight excluding hydrogens is 360 g/mol. The van der Waals surface area contributed by atoms with Crippen LogP contribution in [0.4, 0.5) is 17.6 Å². The van der Waals surface area contributed by atoms with Crippen molar-refractivity contribution in [3.05, 3.63) is 75.6 Å². The van der Waals surface area contributed by atoms with Crippen LogP contribution in [-0.2, 0) is 6.18 Å². The minimum absolute atomic E-state index is 0.00280. The molecular formula is C17H9ClF4N2O. The number of halogens is 5. The average molecular weight is 369 g/mol. The van der Waals surface area contributed by atoms with E-state index in [4.69, 9.17) is 11.6 Å². The molecule has 0 saturated carbocycles. The van der Waals surface area contributed by atoms with Crippen LogP contribution in [0.15, 0.2) is 47.3 Å². The molecule has 128 valence electrons. The quantitative estimate of drug-likeness (QED) is 0.659. The zero-order valence-electron chi connectivity index (χ0n) is 12.4. The van der Waals surface area contributed by atoms with Gasteiger partial charge in [0.05, 0.1) is 21.5 Å². The van der Waals surface area contributed by atoms with Crippen molar-refractivity contribution in [2.45, 2.75) is 6.18 Å². The van der Waals surface area contributed by atoms with Crippen molar-refractivity contribution >= 4 is 33.6 Å². The zero-order chi connectivity index (χ0) is 18.2. The molecule has 1 aromatic heterocycles. The molecule has 8 heteroatoms. The van der Waals surface area contributed by atoms with Gasteiger partial charge < -0.3 is 4.98 Å². The fraction of sp³-hybridized carbons (Fsp3) is 0.0588. The van der Waals surface area contributed by atoms with Crippen LogP contribution in [0.25, 0.3) is 22.0 Å². The second-order valence-electron chi connectivity index (χ2n) is 5.19. The summed E-state index contributed by atoms with van der Waals surface area (Å²) in [5.41, 5.74) is -1.11. The van der Waals surface area contributed by atoms with Gasteiger partial charge in [0.2, 0.25) is 0 Å². The van der Waals surface area contributed by atoms with E-state index < -0.39 is 23.1 Å². The molecule has 0 radical (unpaired) electrons. The number of fused-ring (bicyclic) bond motifs is 1. The number of hydrogen-bond acceptors (Lipinski definition) is 2. The Morgan fingerprint density at radius 2 is 1.80 bits per heavy atom. The predicted octanol–water partition coefficient (Wildman–Crippen LogP) is 4.82. The van der Waals surface area contributed by atoms with Gasteiger partial charge in [0.15, 0.2) is 5.82 Å². The Hall–Kier alpha value is -2.67. The van der Waals surface area contributed by atoms with Crippen LogP contribution in [0.3, 0.4) is 0 Å². The van der Waals surface area contributed by atoms with Gasteiger partial charge in [0.25, 0.3) is 5.56 Å². The third-order valence-electron chi connectivity index (χ3n) is 3.42. The number of aromatic nitrogens is 2. The molecule has 0 saturated heterocycles. The smallest absolute Gasteiger partial charge is 0.305 e. The Balaban J connectivity index is 2.10. The molecule has 3 aromatic rings. The summed E-state index contributed by atoms with van der Waals surface area (Å²) in [6, 6.07) is 8.03. The number of H-pyrrole nitrogens is 1. The van der Waals surface area contributed by atoms with Gasteiger partial charge in [-0.15, -0.1) is 0 Å². The van der Waals surface area contributed by atoms with Gasteiger partial charge in [-0.25, -0.2) is 9.37 Å². The lowest BCUT2D eigenvalue weighted by atomic mass is 10.1. The highest BCUT2D eigenvalue weighted by Gasteiger charge is 2.30. The zero-order valence-corrected chi connectivity index (χ0v) is 13.1. The van der Waals surface area contributed by atoms with E-state index in [1.54, 1.807) is 0 Å². The number of nitrogens with one attached hydrogen (secondary N) is 1. The fourth-order valence-corrected chi connectivity index (χ4v) is 2.42. The van der Waals surface area contributed by atoms with E-state index in [-0.39, 0.29) is 21.8 Å². The van der Waals surface area contributed by atoms with Gasteiger partial charge in [-0.2, -0.15) is 13.2 Å². The summed E-state index contributed by atoms with van der Waals surface area (Å²) in [7, 11) is 0. The van der Waals surface area contributed by atoms with Gasteiger partial charge in [-0.1, -0.05) is 23.7 Å². The highest BCUT2D eigenvalue weighted by atomic mass is 35.5. The lowest BCUT2D eigenvalue weighted by Gasteiger charge is -2.08. The van der Waals surface area contributed by atoms with Crippen molar-refractivity contribution in [1.82, 2.24) is 9.97 Å². The maximum Gasteiger partial charge on any atom is 0.416 e. The van der Waals surface area contributed by atoms with E-state index in [0.717, 1.165) is 18.2 Å². The summed E-state index contributed by atoms with van der Waals surface area (Å²) < 4.78 is 51.3. The van der Waals surface area contributed by atoms with Crippen LogP contribution in [0, 0.1) is 5.82 Å². The highest BCUT2D eigenvalue weighted by molar-refractivity contribution is 6.50. The van der Waals surface area contributed by atoms with Crippen LogP contribution >= 0.6 is 11.6 Å². The van der Waals surface area contributed by atoms with Crippen molar-refractivity contribution in [2.75, 3.05) is 0 Å². The van der Waals surface area contributed by atoms with E-state index in [9.17, 15) is 22.4 Å². The molecule has 3 rings (SSSR count). The molecule has 0 aliphatic heterocycles. The van der Waals surface area contributed by atoms with Crippen LogP contribution in [0.2, 0.25) is 0 Å². The second-order valence-corrected chi connectivity index (χ2v) is 5.60. The Labute approximate surface area is 143 Å². The molecule has 0 aliphatic carbocycles. The summed E-state index contributed by atoms with van der Waals surface area (Å²) in [4.78, 5) is 18.5. The molecule has 0 fully saturated rings. The summed E-state index contributed by atoms with van der Waals surface area (Å²) in [6.07, 6.45) is -3.13. The van der Waals surface area contributed by atoms with Crippen molar-refractivity contribution in [3.8, 4) is 0 Å². The monoisotopic (exact) mass is 368 g/mol. The van der Waals surface area contributed by atoms with Crippen molar-refractivity contribution in [1.29, 1.82) is 0 Å². The molecule has 3 nitrogen and oxygen atoms in total. The molecule has 1 heterocycles. The number of nitrogens with zero attached hydrogens (tertiary/aromatic N) is 1. The first-order valence-corrected chi connectivity index (χ1v) is 7.36. The van der Waals surface area contributed by atoms with Gasteiger partial charge in [0, 0.05) is 0 Å². The molecule has 0 unspecified atom stereocenters. The third kappa shape index (κ3) is 3.71. The molecule has 0 bridgehead atoms. The van der Waals surface area contributed by atoms with Crippen LogP contribution < -0.4 is 5.56 Å². The SMILES string of the molecule is O=c1[nH]c(C(Cl)=Cc2ccc(F)cc2)nc2cc(C(F)(F)F)ccc12. The number of aromatic amines is 1. The van der Waals surface area contributed by atoms with Crippen molar-refractivity contribution in [3.63, 3.8) is 0 Å². The second kappa shape index (κ2) is 6.33. The molecule has 0 atom stereocenters. The standard InChI is InChI=1S/C17H9ClF4N2O/c18-13(7-9-1-4-11(19)5-2-9)15-23-14-8-10(17(20,21)22)3-6-12(14)16(25)24-15/h1-8H,(H,23,24,25). The van der Waals surface area contributed by atoms with E-state index in [0.29, 0.717) is 5.56 Å². The Morgan fingerprint density at radius 3 is 2.44 bits per heavy atom. The van der Waals surface area contributed by atoms with Crippen LogP contribution in [0.5, 0.6) is 0 Å². The molecule has 2 aromatic carbocycles. The van der Waals surface area contributed by atoms with Gasteiger partial charge in [0.1, 0.15) is 5.82 Å². The summed E-state index contributed by atoms with van der Waals surface area (Å²) in [6.45, 7) is 0. The van der Waals surface area contributed by atoms with Gasteiger partial charge in [-0.05, 0) is 42.0 Å². The summed E-state index contributed by atoms with van der Waals surface area (Å²) in [5, 5.41) is 0.0195. The molecule has 0 aliphatic rings. The van der Waals surface area contributed by atoms with Crippen LogP contribution in [0.1, 0.15) is 17.0 Å². The fourth-order valence-electron chi connectivity index (χ4n) is 2.20. The molecule has 0 spiro atoms. The van der Waals surface area contributed by atoms with E-state index >= 15 is 0 Å². The first-order chi connectivity index (χ1) is 11.7.